The number of anilines is 1. The zero-order valence-electron chi connectivity index (χ0n) is 18.4. The lowest BCUT2D eigenvalue weighted by Gasteiger charge is -2.39. The van der Waals surface area contributed by atoms with E-state index in [-0.39, 0.29) is 35.4 Å². The molecule has 0 spiro atoms. The molecule has 3 fully saturated rings. The first-order valence-corrected chi connectivity index (χ1v) is 11.2. The zero-order chi connectivity index (χ0) is 23.3. The molecule has 3 saturated carbocycles. The van der Waals surface area contributed by atoms with Crippen LogP contribution in [0.3, 0.4) is 0 Å². The Balaban J connectivity index is 1.57. The van der Waals surface area contributed by atoms with Crippen LogP contribution in [0.2, 0.25) is 0 Å². The van der Waals surface area contributed by atoms with Gasteiger partial charge in [-0.3, -0.25) is 4.79 Å². The highest BCUT2D eigenvalue weighted by Gasteiger charge is 2.46. The summed E-state index contributed by atoms with van der Waals surface area (Å²) in [6, 6.07) is 1.68. The van der Waals surface area contributed by atoms with Gasteiger partial charge in [-0.1, -0.05) is 6.42 Å². The van der Waals surface area contributed by atoms with E-state index in [0.717, 1.165) is 44.4 Å². The summed E-state index contributed by atoms with van der Waals surface area (Å²) in [6.45, 7) is 0. The molecule has 0 radical (unpaired) electrons. The summed E-state index contributed by atoms with van der Waals surface area (Å²) in [6.07, 6.45) is 7.39. The topological polar surface area (TPSA) is 69.0 Å². The van der Waals surface area contributed by atoms with Crippen molar-refractivity contribution >= 4 is 22.8 Å². The Morgan fingerprint density at radius 1 is 1.12 bits per heavy atom. The molecule has 0 aromatic carbocycles. The standard InChI is InChI=1S/C24H25F3N4O2/c1-31-11-16(15-8-14(25)10-28-23(15)31)21-17(26)9-18(27)22(30-21)29-20-13-5-3-4-12(6-7-13)19(20)24(32)33-2/h8-13,19-20H,3-7H2,1-2H3,(H,29,30). The third-order valence-electron chi connectivity index (χ3n) is 7.20. The number of carbonyl (C=O) groups excluding carboxylic acids is 1. The van der Waals surface area contributed by atoms with Crippen molar-refractivity contribution in [1.29, 1.82) is 0 Å². The SMILES string of the molecule is COC(=O)C1C2CCCC(CC2)C1Nc1nc(-c2cn(C)c3ncc(F)cc23)c(F)cc1F. The highest BCUT2D eigenvalue weighted by atomic mass is 19.1. The monoisotopic (exact) mass is 458 g/mol. The van der Waals surface area contributed by atoms with Crippen LogP contribution in [0.5, 0.6) is 0 Å². The number of hydrogen-bond donors (Lipinski definition) is 1. The summed E-state index contributed by atoms with van der Waals surface area (Å²) in [5, 5.41) is 3.52. The lowest BCUT2D eigenvalue weighted by Crippen LogP contribution is -2.47. The number of aromatic nitrogens is 3. The smallest absolute Gasteiger partial charge is 0.311 e. The number of methoxy groups -OCH3 is 1. The fraction of sp³-hybridized carbons (Fsp3) is 0.458. The van der Waals surface area contributed by atoms with E-state index >= 15 is 0 Å². The van der Waals surface area contributed by atoms with Gasteiger partial charge in [0, 0.05) is 36.3 Å². The van der Waals surface area contributed by atoms with Crippen LogP contribution in [-0.4, -0.2) is 33.7 Å². The third-order valence-corrected chi connectivity index (χ3v) is 7.20. The van der Waals surface area contributed by atoms with Gasteiger partial charge >= 0.3 is 5.97 Å². The van der Waals surface area contributed by atoms with Crippen molar-refractivity contribution in [3.05, 3.63) is 42.0 Å². The maximum atomic E-state index is 14.9. The first-order valence-electron chi connectivity index (χ1n) is 11.2. The highest BCUT2D eigenvalue weighted by molar-refractivity contribution is 5.93. The molecule has 3 aliphatic carbocycles. The van der Waals surface area contributed by atoms with E-state index in [1.54, 1.807) is 17.8 Å². The molecule has 9 heteroatoms. The molecule has 0 amide bonds. The number of esters is 1. The van der Waals surface area contributed by atoms with E-state index in [2.05, 4.69) is 15.3 Å². The molecule has 3 aliphatic rings. The van der Waals surface area contributed by atoms with Crippen LogP contribution in [0, 0.1) is 35.2 Å². The molecule has 6 nitrogen and oxygen atoms in total. The first-order chi connectivity index (χ1) is 15.9. The van der Waals surface area contributed by atoms with E-state index in [1.165, 1.54) is 13.2 Å². The Morgan fingerprint density at radius 3 is 2.67 bits per heavy atom. The number of ether oxygens (including phenoxy) is 1. The Kier molecular flexibility index (Phi) is 5.50. The molecule has 0 aliphatic heterocycles. The van der Waals surface area contributed by atoms with Gasteiger partial charge in [-0.05, 0) is 43.6 Å². The number of hydrogen-bond acceptors (Lipinski definition) is 5. The Bertz CT molecular complexity index is 1220. The van der Waals surface area contributed by atoms with Crippen molar-refractivity contribution in [3.63, 3.8) is 0 Å². The van der Waals surface area contributed by atoms with Crippen molar-refractivity contribution in [2.75, 3.05) is 12.4 Å². The van der Waals surface area contributed by atoms with Crippen molar-refractivity contribution < 1.29 is 22.7 Å². The second-order valence-corrected chi connectivity index (χ2v) is 9.08. The zero-order valence-corrected chi connectivity index (χ0v) is 18.4. The largest absolute Gasteiger partial charge is 0.469 e. The fourth-order valence-corrected chi connectivity index (χ4v) is 5.69. The highest BCUT2D eigenvalue weighted by Crippen LogP contribution is 2.45. The third kappa shape index (κ3) is 3.73. The van der Waals surface area contributed by atoms with Crippen LogP contribution in [0.15, 0.2) is 24.5 Å². The fourth-order valence-electron chi connectivity index (χ4n) is 5.69. The summed E-state index contributed by atoms with van der Waals surface area (Å²) >= 11 is 0. The molecule has 3 aromatic heterocycles. The Hall–Kier alpha value is -3.10. The van der Waals surface area contributed by atoms with Crippen molar-refractivity contribution in [1.82, 2.24) is 14.5 Å². The van der Waals surface area contributed by atoms with E-state index in [4.69, 9.17) is 4.74 Å². The average Bonchev–Trinajstić information content (AvgIpc) is 2.95. The number of carbonyl (C=O) groups is 1. The second kappa shape index (κ2) is 8.35. The van der Waals surface area contributed by atoms with Gasteiger partial charge in [0.2, 0.25) is 0 Å². The molecule has 1 N–H and O–H groups in total. The van der Waals surface area contributed by atoms with Crippen molar-refractivity contribution in [2.45, 2.75) is 38.1 Å². The van der Waals surface area contributed by atoms with Gasteiger partial charge in [-0.2, -0.15) is 0 Å². The molecule has 3 heterocycles. The number of pyridine rings is 2. The second-order valence-electron chi connectivity index (χ2n) is 9.08. The van der Waals surface area contributed by atoms with Crippen LogP contribution in [0.1, 0.15) is 32.1 Å². The lowest BCUT2D eigenvalue weighted by molar-refractivity contribution is -0.149. The molecule has 33 heavy (non-hydrogen) atoms. The van der Waals surface area contributed by atoms with Crippen LogP contribution in [0.4, 0.5) is 19.0 Å². The van der Waals surface area contributed by atoms with Crippen molar-refractivity contribution in [2.24, 2.45) is 24.8 Å². The van der Waals surface area contributed by atoms with E-state index in [9.17, 15) is 18.0 Å². The van der Waals surface area contributed by atoms with Crippen LogP contribution < -0.4 is 5.32 Å². The van der Waals surface area contributed by atoms with Crippen molar-refractivity contribution in [3.8, 4) is 11.3 Å². The molecule has 4 atom stereocenters. The van der Waals surface area contributed by atoms with E-state index < -0.39 is 23.4 Å². The van der Waals surface area contributed by atoms with E-state index in [0.29, 0.717) is 16.6 Å². The van der Waals surface area contributed by atoms with Gasteiger partial charge in [0.1, 0.15) is 17.2 Å². The average molecular weight is 458 g/mol. The Morgan fingerprint density at radius 2 is 1.88 bits per heavy atom. The first kappa shape index (κ1) is 21.7. The summed E-state index contributed by atoms with van der Waals surface area (Å²) in [5.74, 6) is -2.80. The maximum Gasteiger partial charge on any atom is 0.311 e. The summed E-state index contributed by atoms with van der Waals surface area (Å²) in [5.41, 5.74) is 0.663. The Labute approximate surface area is 189 Å². The van der Waals surface area contributed by atoms with Gasteiger partial charge in [0.05, 0.1) is 19.2 Å². The van der Waals surface area contributed by atoms with Gasteiger partial charge < -0.3 is 14.6 Å². The summed E-state index contributed by atoms with van der Waals surface area (Å²) < 4.78 is 50.3. The molecule has 4 unspecified atom stereocenters. The number of aryl methyl sites for hydroxylation is 1. The van der Waals surface area contributed by atoms with E-state index in [1.807, 2.05) is 0 Å². The van der Waals surface area contributed by atoms with Gasteiger partial charge in [-0.25, -0.2) is 23.1 Å². The molecule has 0 saturated heterocycles. The molecule has 6 rings (SSSR count). The molecule has 2 bridgehead atoms. The van der Waals surface area contributed by atoms with Gasteiger partial charge in [-0.15, -0.1) is 0 Å². The molecular weight excluding hydrogens is 433 g/mol. The van der Waals surface area contributed by atoms with Crippen LogP contribution in [0.25, 0.3) is 22.3 Å². The summed E-state index contributed by atoms with van der Waals surface area (Å²) in [7, 11) is 3.07. The predicted octanol–water partition coefficient (Wildman–Crippen LogP) is 4.83. The molecule has 3 aromatic rings. The number of halogens is 3. The molecular formula is C24H25F3N4O2. The quantitative estimate of drug-likeness (QED) is 0.567. The number of rotatable bonds is 4. The maximum absolute atomic E-state index is 14.9. The van der Waals surface area contributed by atoms with Crippen LogP contribution in [-0.2, 0) is 16.6 Å². The lowest BCUT2D eigenvalue weighted by atomic mass is 9.71. The predicted molar refractivity (Wildman–Crippen MR) is 117 cm³/mol. The number of nitrogens with one attached hydrogen (secondary N) is 1. The normalized spacial score (nSPS) is 24.6. The minimum absolute atomic E-state index is 0.106. The molecule has 174 valence electrons. The minimum Gasteiger partial charge on any atom is -0.469 e. The summed E-state index contributed by atoms with van der Waals surface area (Å²) in [4.78, 5) is 21.0. The van der Waals surface area contributed by atoms with Gasteiger partial charge in [0.15, 0.2) is 17.5 Å². The number of nitrogens with zero attached hydrogens (tertiary/aromatic N) is 3. The van der Waals surface area contributed by atoms with Gasteiger partial charge in [0.25, 0.3) is 0 Å². The van der Waals surface area contributed by atoms with Crippen LogP contribution >= 0.6 is 0 Å². The number of fused-ring (bicyclic) bond motifs is 5. The minimum atomic E-state index is -0.860.